The lowest BCUT2D eigenvalue weighted by molar-refractivity contribution is 0.252. The van der Waals surface area contributed by atoms with Crippen molar-refractivity contribution in [2.75, 3.05) is 18.4 Å². The van der Waals surface area contributed by atoms with Gasteiger partial charge in [-0.2, -0.15) is 0 Å². The van der Waals surface area contributed by atoms with Crippen molar-refractivity contribution in [1.29, 1.82) is 0 Å². The van der Waals surface area contributed by atoms with Gasteiger partial charge in [-0.15, -0.1) is 0 Å². The summed E-state index contributed by atoms with van der Waals surface area (Å²) in [7, 11) is 0. The molecule has 1 rings (SSSR count). The number of nitrogens with one attached hydrogen (secondary N) is 3. The lowest BCUT2D eigenvalue weighted by Gasteiger charge is -2.15. The molecule has 0 saturated carbocycles. The smallest absolute Gasteiger partial charge is 0.319 e. The van der Waals surface area contributed by atoms with E-state index in [0.29, 0.717) is 6.04 Å². The number of rotatable bonds is 9. The fourth-order valence-electron chi connectivity index (χ4n) is 2.12. The van der Waals surface area contributed by atoms with E-state index in [9.17, 15) is 4.79 Å². The van der Waals surface area contributed by atoms with Gasteiger partial charge in [-0.1, -0.05) is 38.8 Å². The van der Waals surface area contributed by atoms with E-state index in [1.807, 2.05) is 18.2 Å². The van der Waals surface area contributed by atoms with E-state index < -0.39 is 0 Å². The number of benzene rings is 1. The van der Waals surface area contributed by atoms with Crippen LogP contribution in [0.1, 0.15) is 58.1 Å². The van der Waals surface area contributed by atoms with E-state index in [1.54, 1.807) is 0 Å². The van der Waals surface area contributed by atoms with Gasteiger partial charge in [0, 0.05) is 18.3 Å². The highest BCUT2D eigenvalue weighted by Gasteiger charge is 2.06. The summed E-state index contributed by atoms with van der Waals surface area (Å²) in [5.41, 5.74) is 2.03. The first-order valence-corrected chi connectivity index (χ1v) is 8.05. The van der Waals surface area contributed by atoms with E-state index >= 15 is 0 Å². The lowest BCUT2D eigenvalue weighted by atomic mass is 10.1. The zero-order valence-electron chi connectivity index (χ0n) is 13.5. The summed E-state index contributed by atoms with van der Waals surface area (Å²) in [6, 6.07) is 8.17. The van der Waals surface area contributed by atoms with Crippen LogP contribution in [0.2, 0.25) is 0 Å². The molecule has 1 aromatic carbocycles. The van der Waals surface area contributed by atoms with Crippen LogP contribution < -0.4 is 16.0 Å². The molecule has 1 unspecified atom stereocenters. The Morgan fingerprint density at radius 1 is 1.14 bits per heavy atom. The molecular formula is C17H29N3O. The van der Waals surface area contributed by atoms with Gasteiger partial charge in [0.05, 0.1) is 0 Å². The zero-order valence-corrected chi connectivity index (χ0v) is 13.5. The van der Waals surface area contributed by atoms with E-state index in [-0.39, 0.29) is 6.03 Å². The van der Waals surface area contributed by atoms with Gasteiger partial charge in [0.1, 0.15) is 0 Å². The predicted octanol–water partition coefficient (Wildman–Crippen LogP) is 4.06. The van der Waals surface area contributed by atoms with Crippen LogP contribution in [0.3, 0.4) is 0 Å². The van der Waals surface area contributed by atoms with Crippen molar-refractivity contribution in [3.8, 4) is 0 Å². The topological polar surface area (TPSA) is 53.2 Å². The van der Waals surface area contributed by atoms with Gasteiger partial charge in [0.15, 0.2) is 0 Å². The monoisotopic (exact) mass is 291 g/mol. The Labute approximate surface area is 128 Å². The van der Waals surface area contributed by atoms with Gasteiger partial charge in [-0.25, -0.2) is 4.79 Å². The summed E-state index contributed by atoms with van der Waals surface area (Å²) < 4.78 is 0. The third-order valence-electron chi connectivity index (χ3n) is 3.41. The second kappa shape index (κ2) is 10.2. The number of carbonyl (C=O) groups is 1. The van der Waals surface area contributed by atoms with Gasteiger partial charge in [0.25, 0.3) is 0 Å². The van der Waals surface area contributed by atoms with Crippen molar-refractivity contribution >= 4 is 11.7 Å². The van der Waals surface area contributed by atoms with Crippen LogP contribution in [0.15, 0.2) is 24.3 Å². The predicted molar refractivity (Wildman–Crippen MR) is 89.7 cm³/mol. The average molecular weight is 291 g/mol. The summed E-state index contributed by atoms with van der Waals surface area (Å²) in [5.74, 6) is 0. The fraction of sp³-hybridized carbons (Fsp3) is 0.588. The minimum absolute atomic E-state index is 0.127. The molecule has 4 nitrogen and oxygen atoms in total. The third kappa shape index (κ3) is 7.14. The number of hydrogen-bond acceptors (Lipinski definition) is 2. The Hall–Kier alpha value is -1.55. The molecule has 0 aliphatic rings. The largest absolute Gasteiger partial charge is 0.338 e. The highest BCUT2D eigenvalue weighted by molar-refractivity contribution is 5.89. The van der Waals surface area contributed by atoms with Crippen LogP contribution in [0.25, 0.3) is 0 Å². The van der Waals surface area contributed by atoms with Gasteiger partial charge < -0.3 is 16.0 Å². The van der Waals surface area contributed by atoms with Crippen LogP contribution in [0.5, 0.6) is 0 Å². The molecule has 0 aliphatic carbocycles. The molecule has 0 fully saturated rings. The van der Waals surface area contributed by atoms with Gasteiger partial charge >= 0.3 is 6.03 Å². The second-order valence-corrected chi connectivity index (χ2v) is 5.39. The normalized spacial score (nSPS) is 12.0. The number of amides is 2. The standard InChI is InChI=1S/C17H29N3O/c1-4-6-7-12-19-17(21)20-16-10-8-9-15(13-16)14(3)18-11-5-2/h8-10,13-14,18H,4-7,11-12H2,1-3H3,(H2,19,20,21). The molecule has 1 aromatic rings. The molecule has 118 valence electrons. The van der Waals surface area contributed by atoms with Crippen LogP contribution >= 0.6 is 0 Å². The molecule has 0 bridgehead atoms. The van der Waals surface area contributed by atoms with E-state index in [2.05, 4.69) is 42.8 Å². The van der Waals surface area contributed by atoms with Crippen LogP contribution in [-0.4, -0.2) is 19.1 Å². The highest BCUT2D eigenvalue weighted by atomic mass is 16.2. The number of anilines is 1. The first-order valence-electron chi connectivity index (χ1n) is 8.05. The zero-order chi connectivity index (χ0) is 15.5. The van der Waals surface area contributed by atoms with Gasteiger partial charge in [0.2, 0.25) is 0 Å². The molecule has 0 spiro atoms. The molecule has 21 heavy (non-hydrogen) atoms. The van der Waals surface area contributed by atoms with E-state index in [1.165, 1.54) is 5.56 Å². The number of unbranched alkanes of at least 4 members (excludes halogenated alkanes) is 2. The van der Waals surface area contributed by atoms with Crippen molar-refractivity contribution in [2.45, 2.75) is 52.5 Å². The van der Waals surface area contributed by atoms with Gasteiger partial charge in [-0.05, 0) is 44.0 Å². The molecule has 3 N–H and O–H groups in total. The Bertz CT molecular complexity index is 420. The van der Waals surface area contributed by atoms with Crippen molar-refractivity contribution in [3.05, 3.63) is 29.8 Å². The Kier molecular flexibility index (Phi) is 8.51. The summed E-state index contributed by atoms with van der Waals surface area (Å²) in [6.45, 7) is 8.17. The SMILES string of the molecule is CCCCCNC(=O)Nc1cccc(C(C)NCCC)c1. The van der Waals surface area contributed by atoms with E-state index in [0.717, 1.165) is 44.5 Å². The molecule has 0 aliphatic heterocycles. The maximum Gasteiger partial charge on any atom is 0.319 e. The summed E-state index contributed by atoms with van der Waals surface area (Å²) >= 11 is 0. The Morgan fingerprint density at radius 3 is 2.67 bits per heavy atom. The van der Waals surface area contributed by atoms with Gasteiger partial charge in [-0.3, -0.25) is 0 Å². The maximum absolute atomic E-state index is 11.8. The molecule has 1 atom stereocenters. The minimum atomic E-state index is -0.127. The maximum atomic E-state index is 11.8. The second-order valence-electron chi connectivity index (χ2n) is 5.39. The van der Waals surface area contributed by atoms with Crippen molar-refractivity contribution in [3.63, 3.8) is 0 Å². The lowest BCUT2D eigenvalue weighted by Crippen LogP contribution is -2.29. The van der Waals surface area contributed by atoms with Crippen molar-refractivity contribution in [1.82, 2.24) is 10.6 Å². The average Bonchev–Trinajstić information content (AvgIpc) is 2.49. The molecule has 0 heterocycles. The number of carbonyl (C=O) groups excluding carboxylic acids is 1. The summed E-state index contributed by atoms with van der Waals surface area (Å²) in [4.78, 5) is 11.8. The number of urea groups is 1. The first-order chi connectivity index (χ1) is 10.2. The molecule has 0 aromatic heterocycles. The van der Waals surface area contributed by atoms with Crippen molar-refractivity contribution in [2.24, 2.45) is 0 Å². The molecule has 0 radical (unpaired) electrons. The molecule has 4 heteroatoms. The molecular weight excluding hydrogens is 262 g/mol. The Balaban J connectivity index is 2.46. The first kappa shape index (κ1) is 17.5. The molecule has 2 amide bonds. The summed E-state index contributed by atoms with van der Waals surface area (Å²) in [5, 5.41) is 9.22. The summed E-state index contributed by atoms with van der Waals surface area (Å²) in [6.07, 6.45) is 4.45. The van der Waals surface area contributed by atoms with Crippen molar-refractivity contribution < 1.29 is 4.79 Å². The quantitative estimate of drug-likeness (QED) is 0.601. The van der Waals surface area contributed by atoms with E-state index in [4.69, 9.17) is 0 Å². The fourth-order valence-corrected chi connectivity index (χ4v) is 2.12. The minimum Gasteiger partial charge on any atom is -0.338 e. The third-order valence-corrected chi connectivity index (χ3v) is 3.41. The van der Waals surface area contributed by atoms with Crippen LogP contribution in [0, 0.1) is 0 Å². The molecule has 0 saturated heterocycles. The Morgan fingerprint density at radius 2 is 1.95 bits per heavy atom. The highest BCUT2D eigenvalue weighted by Crippen LogP contribution is 2.17. The van der Waals surface area contributed by atoms with Crippen LogP contribution in [-0.2, 0) is 0 Å². The van der Waals surface area contributed by atoms with Crippen LogP contribution in [0.4, 0.5) is 10.5 Å². The number of hydrogen-bond donors (Lipinski definition) is 3.